The third kappa shape index (κ3) is 4.92. The molecule has 2 aliphatic heterocycles. The van der Waals surface area contributed by atoms with Gasteiger partial charge in [-0.1, -0.05) is 20.8 Å². The van der Waals surface area contributed by atoms with Crippen molar-refractivity contribution in [2.24, 2.45) is 5.41 Å². The average molecular weight is 286 g/mol. The first-order valence-electron chi connectivity index (χ1n) is 7.75. The van der Waals surface area contributed by atoms with Gasteiger partial charge in [-0.3, -0.25) is 0 Å². The molecule has 0 radical (unpaired) electrons. The van der Waals surface area contributed by atoms with E-state index in [0.29, 0.717) is 11.5 Å². The highest BCUT2D eigenvalue weighted by Crippen LogP contribution is 2.32. The molecule has 0 aromatic heterocycles. The Morgan fingerprint density at radius 2 is 2.11 bits per heavy atom. The van der Waals surface area contributed by atoms with E-state index in [-0.39, 0.29) is 0 Å². The Hall–Kier alpha value is 0.230. The van der Waals surface area contributed by atoms with Crippen LogP contribution in [-0.4, -0.2) is 61.3 Å². The van der Waals surface area contributed by atoms with Crippen molar-refractivity contribution in [3.8, 4) is 0 Å². The summed E-state index contributed by atoms with van der Waals surface area (Å²) in [5, 5.41) is 4.46. The molecule has 2 heterocycles. The normalized spacial score (nSPS) is 28.7. The maximum absolute atomic E-state index is 5.59. The van der Waals surface area contributed by atoms with Crippen molar-refractivity contribution in [2.45, 2.75) is 44.9 Å². The molecule has 3 nitrogen and oxygen atoms in total. The molecule has 2 rings (SSSR count). The summed E-state index contributed by atoms with van der Waals surface area (Å²) in [6.07, 6.45) is 2.43. The standard InChI is InChI=1S/C15H30N2OS/c1-13(2)16-11-15(4-7-18-8-5-15)12-17-6-9-19-14(3)10-17/h13-14,16H,4-12H2,1-3H3. The summed E-state index contributed by atoms with van der Waals surface area (Å²) in [4.78, 5) is 2.69. The third-order valence-electron chi connectivity index (χ3n) is 4.32. The van der Waals surface area contributed by atoms with E-state index in [0.717, 1.165) is 25.0 Å². The van der Waals surface area contributed by atoms with Crippen molar-refractivity contribution >= 4 is 11.8 Å². The smallest absolute Gasteiger partial charge is 0.0472 e. The van der Waals surface area contributed by atoms with Crippen molar-refractivity contribution in [3.63, 3.8) is 0 Å². The molecule has 19 heavy (non-hydrogen) atoms. The van der Waals surface area contributed by atoms with Crippen molar-refractivity contribution < 1.29 is 4.74 Å². The lowest BCUT2D eigenvalue weighted by molar-refractivity contribution is -0.00457. The highest BCUT2D eigenvalue weighted by molar-refractivity contribution is 7.99. The van der Waals surface area contributed by atoms with Crippen LogP contribution in [0.5, 0.6) is 0 Å². The predicted octanol–water partition coefficient (Wildman–Crippen LogP) is 2.22. The molecular formula is C15H30N2OS. The molecule has 4 heteroatoms. The van der Waals surface area contributed by atoms with Gasteiger partial charge in [-0.2, -0.15) is 11.8 Å². The fraction of sp³-hybridized carbons (Fsp3) is 1.00. The Labute approximate surface area is 122 Å². The van der Waals surface area contributed by atoms with Crippen LogP contribution >= 0.6 is 11.8 Å². The number of hydrogen-bond acceptors (Lipinski definition) is 4. The number of hydrogen-bond donors (Lipinski definition) is 1. The third-order valence-corrected chi connectivity index (χ3v) is 5.46. The zero-order valence-electron chi connectivity index (χ0n) is 12.8. The molecule has 0 bridgehead atoms. The molecule has 0 saturated carbocycles. The molecule has 0 aromatic rings. The van der Waals surface area contributed by atoms with Crippen molar-refractivity contribution in [1.29, 1.82) is 0 Å². The highest BCUT2D eigenvalue weighted by atomic mass is 32.2. The number of thioether (sulfide) groups is 1. The van der Waals surface area contributed by atoms with Gasteiger partial charge < -0.3 is 15.0 Å². The molecule has 1 N–H and O–H groups in total. The first-order valence-corrected chi connectivity index (χ1v) is 8.80. The maximum Gasteiger partial charge on any atom is 0.0472 e. The fourth-order valence-corrected chi connectivity index (χ4v) is 4.21. The van der Waals surface area contributed by atoms with Crippen LogP contribution in [-0.2, 0) is 4.74 Å². The molecule has 0 aromatic carbocycles. The van der Waals surface area contributed by atoms with E-state index in [1.807, 2.05) is 0 Å². The van der Waals surface area contributed by atoms with Gasteiger partial charge in [0.1, 0.15) is 0 Å². The molecule has 0 spiro atoms. The SMILES string of the molecule is CC(C)NCC1(CN2CCSC(C)C2)CCOCC1. The largest absolute Gasteiger partial charge is 0.381 e. The van der Waals surface area contributed by atoms with Crippen LogP contribution < -0.4 is 5.32 Å². The van der Waals surface area contributed by atoms with Gasteiger partial charge >= 0.3 is 0 Å². The average Bonchev–Trinajstić information content (AvgIpc) is 2.38. The minimum atomic E-state index is 0.435. The summed E-state index contributed by atoms with van der Waals surface area (Å²) >= 11 is 2.12. The first kappa shape index (κ1) is 15.6. The van der Waals surface area contributed by atoms with Crippen molar-refractivity contribution in [2.75, 3.05) is 45.1 Å². The molecule has 2 fully saturated rings. The summed E-state index contributed by atoms with van der Waals surface area (Å²) in [7, 11) is 0. The second-order valence-electron chi connectivity index (χ2n) is 6.56. The van der Waals surface area contributed by atoms with E-state index < -0.39 is 0 Å². The second-order valence-corrected chi connectivity index (χ2v) is 8.11. The van der Waals surface area contributed by atoms with E-state index in [1.54, 1.807) is 0 Å². The molecule has 1 unspecified atom stereocenters. The van der Waals surface area contributed by atoms with Crippen LogP contribution in [0.15, 0.2) is 0 Å². The quantitative estimate of drug-likeness (QED) is 0.837. The van der Waals surface area contributed by atoms with Gasteiger partial charge in [-0.05, 0) is 18.3 Å². The Balaban J connectivity index is 1.92. The zero-order valence-corrected chi connectivity index (χ0v) is 13.6. The topological polar surface area (TPSA) is 24.5 Å². The lowest BCUT2D eigenvalue weighted by atomic mass is 9.79. The van der Waals surface area contributed by atoms with Crippen LogP contribution in [0.3, 0.4) is 0 Å². The summed E-state index contributed by atoms with van der Waals surface area (Å²) in [5.74, 6) is 1.30. The molecule has 112 valence electrons. The van der Waals surface area contributed by atoms with Gasteiger partial charge in [0.25, 0.3) is 0 Å². The lowest BCUT2D eigenvalue weighted by Gasteiger charge is -2.43. The van der Waals surface area contributed by atoms with Crippen LogP contribution in [0.4, 0.5) is 0 Å². The second kappa shape index (κ2) is 7.30. The molecule has 2 aliphatic rings. The molecule has 2 saturated heterocycles. The fourth-order valence-electron chi connectivity index (χ4n) is 3.12. The Kier molecular flexibility index (Phi) is 6.00. The van der Waals surface area contributed by atoms with E-state index in [1.165, 1.54) is 38.2 Å². The van der Waals surface area contributed by atoms with Gasteiger partial charge in [0.2, 0.25) is 0 Å². The maximum atomic E-state index is 5.59. The Morgan fingerprint density at radius 1 is 1.37 bits per heavy atom. The summed E-state index contributed by atoms with van der Waals surface area (Å²) in [6, 6.07) is 0.579. The van der Waals surface area contributed by atoms with Gasteiger partial charge in [-0.15, -0.1) is 0 Å². The zero-order chi connectivity index (χ0) is 13.7. The minimum Gasteiger partial charge on any atom is -0.381 e. The van der Waals surface area contributed by atoms with Gasteiger partial charge in [0, 0.05) is 56.4 Å². The van der Waals surface area contributed by atoms with Crippen LogP contribution in [0.1, 0.15) is 33.6 Å². The molecule has 0 amide bonds. The van der Waals surface area contributed by atoms with E-state index in [4.69, 9.17) is 4.74 Å². The first-order chi connectivity index (χ1) is 9.10. The van der Waals surface area contributed by atoms with E-state index in [2.05, 4.69) is 42.7 Å². The van der Waals surface area contributed by atoms with Crippen LogP contribution in [0.25, 0.3) is 0 Å². The Morgan fingerprint density at radius 3 is 2.74 bits per heavy atom. The summed E-state index contributed by atoms with van der Waals surface area (Å²) in [5.41, 5.74) is 0.435. The number of nitrogens with zero attached hydrogens (tertiary/aromatic N) is 1. The number of rotatable bonds is 5. The predicted molar refractivity (Wildman–Crippen MR) is 84.0 cm³/mol. The minimum absolute atomic E-state index is 0.435. The van der Waals surface area contributed by atoms with Gasteiger partial charge in [0.05, 0.1) is 0 Å². The molecule has 1 atom stereocenters. The molecule has 0 aliphatic carbocycles. The number of ether oxygens (including phenoxy) is 1. The number of nitrogens with one attached hydrogen (secondary N) is 1. The van der Waals surface area contributed by atoms with Crippen molar-refractivity contribution in [3.05, 3.63) is 0 Å². The van der Waals surface area contributed by atoms with Crippen LogP contribution in [0.2, 0.25) is 0 Å². The molecular weight excluding hydrogens is 256 g/mol. The monoisotopic (exact) mass is 286 g/mol. The van der Waals surface area contributed by atoms with Gasteiger partial charge in [-0.25, -0.2) is 0 Å². The van der Waals surface area contributed by atoms with Crippen molar-refractivity contribution in [1.82, 2.24) is 10.2 Å². The summed E-state index contributed by atoms with van der Waals surface area (Å²) < 4.78 is 5.59. The lowest BCUT2D eigenvalue weighted by Crippen LogP contribution is -2.51. The summed E-state index contributed by atoms with van der Waals surface area (Å²) in [6.45, 7) is 13.6. The highest BCUT2D eigenvalue weighted by Gasteiger charge is 2.35. The van der Waals surface area contributed by atoms with E-state index >= 15 is 0 Å². The van der Waals surface area contributed by atoms with E-state index in [9.17, 15) is 0 Å². The Bertz CT molecular complexity index is 267. The van der Waals surface area contributed by atoms with Crippen LogP contribution in [0, 0.1) is 5.41 Å². The van der Waals surface area contributed by atoms with Gasteiger partial charge in [0.15, 0.2) is 0 Å².